The fourth-order valence-corrected chi connectivity index (χ4v) is 6.25. The quantitative estimate of drug-likeness (QED) is 0.387. The molecule has 0 atom stereocenters. The van der Waals surface area contributed by atoms with Crippen LogP contribution in [-0.4, -0.2) is 136 Å². The summed E-state index contributed by atoms with van der Waals surface area (Å²) in [5, 5.41) is 0. The molecule has 0 unspecified atom stereocenters. The molecule has 2 rings (SSSR count). The largest absolute Gasteiger partial charge is 0.444 e. The van der Waals surface area contributed by atoms with Crippen LogP contribution >= 0.6 is 0 Å². The number of ether oxygens (including phenoxy) is 3. The van der Waals surface area contributed by atoms with Gasteiger partial charge in [-0.25, -0.2) is 26.4 Å². The molecule has 2 amide bonds. The van der Waals surface area contributed by atoms with Crippen LogP contribution in [0.5, 0.6) is 0 Å². The zero-order valence-corrected chi connectivity index (χ0v) is 24.4. The standard InChI is InChI=1S/C22H42N4O9S2/c1-21(2,3)34-19(27)23-7-11-25(12-8-23)36(29,30)17-15-33-16-18-37(31,32)26-13-9-24(10-14-26)20(28)35-22(4,5)6/h7-18H2,1-6H3. The van der Waals surface area contributed by atoms with Gasteiger partial charge in [-0.05, 0) is 41.5 Å². The Kier molecular flexibility index (Phi) is 10.6. The van der Waals surface area contributed by atoms with Gasteiger partial charge in [0.15, 0.2) is 0 Å². The van der Waals surface area contributed by atoms with Gasteiger partial charge in [-0.1, -0.05) is 0 Å². The predicted molar refractivity (Wildman–Crippen MR) is 137 cm³/mol. The lowest BCUT2D eigenvalue weighted by molar-refractivity contribution is 0.0183. The highest BCUT2D eigenvalue weighted by Gasteiger charge is 2.32. The number of carbonyl (C=O) groups is 2. The lowest BCUT2D eigenvalue weighted by atomic mass is 10.2. The Balaban J connectivity index is 1.69. The van der Waals surface area contributed by atoms with Crippen molar-refractivity contribution in [1.82, 2.24) is 18.4 Å². The number of piperazine rings is 2. The molecule has 2 heterocycles. The van der Waals surface area contributed by atoms with Crippen molar-refractivity contribution in [3.05, 3.63) is 0 Å². The van der Waals surface area contributed by atoms with E-state index in [0.29, 0.717) is 0 Å². The second-order valence-corrected chi connectivity index (χ2v) is 15.2. The van der Waals surface area contributed by atoms with E-state index in [1.165, 1.54) is 18.4 Å². The number of hydrogen-bond acceptors (Lipinski definition) is 9. The van der Waals surface area contributed by atoms with Gasteiger partial charge in [-0.3, -0.25) is 0 Å². The van der Waals surface area contributed by atoms with Crippen molar-refractivity contribution in [3.63, 3.8) is 0 Å². The monoisotopic (exact) mass is 570 g/mol. The predicted octanol–water partition coefficient (Wildman–Crippen LogP) is 0.768. The maximum atomic E-state index is 12.6. The van der Waals surface area contributed by atoms with Gasteiger partial charge in [0.05, 0.1) is 24.7 Å². The molecule has 2 saturated heterocycles. The summed E-state index contributed by atoms with van der Waals surface area (Å²) in [5.41, 5.74) is -1.25. The highest BCUT2D eigenvalue weighted by molar-refractivity contribution is 7.89. The number of sulfonamides is 2. The molecular formula is C22H42N4O9S2. The third-order valence-electron chi connectivity index (χ3n) is 5.54. The van der Waals surface area contributed by atoms with E-state index in [9.17, 15) is 26.4 Å². The van der Waals surface area contributed by atoms with Gasteiger partial charge >= 0.3 is 12.2 Å². The van der Waals surface area contributed by atoms with E-state index in [1.54, 1.807) is 41.5 Å². The van der Waals surface area contributed by atoms with Crippen LogP contribution in [0.25, 0.3) is 0 Å². The number of amides is 2. The Hall–Kier alpha value is -1.68. The zero-order valence-electron chi connectivity index (χ0n) is 22.8. The van der Waals surface area contributed by atoms with Crippen molar-refractivity contribution in [1.29, 1.82) is 0 Å². The van der Waals surface area contributed by atoms with Crippen molar-refractivity contribution in [2.45, 2.75) is 52.7 Å². The van der Waals surface area contributed by atoms with E-state index in [4.69, 9.17) is 14.2 Å². The summed E-state index contributed by atoms with van der Waals surface area (Å²) < 4.78 is 69.0. The van der Waals surface area contributed by atoms with Gasteiger partial charge in [0.25, 0.3) is 0 Å². The summed E-state index contributed by atoms with van der Waals surface area (Å²) in [5.74, 6) is -0.567. The van der Waals surface area contributed by atoms with Crippen molar-refractivity contribution in [3.8, 4) is 0 Å². The molecule has 0 aromatic heterocycles. The Morgan fingerprint density at radius 3 is 1.16 bits per heavy atom. The molecule has 2 aliphatic rings. The maximum absolute atomic E-state index is 12.6. The average Bonchev–Trinajstić information content (AvgIpc) is 2.76. The first-order valence-corrected chi connectivity index (χ1v) is 15.6. The Bertz CT molecular complexity index is 908. The summed E-state index contributed by atoms with van der Waals surface area (Å²) in [4.78, 5) is 27.2. The summed E-state index contributed by atoms with van der Waals surface area (Å²) in [7, 11) is -7.22. The molecule has 13 nitrogen and oxygen atoms in total. The molecule has 0 spiro atoms. The minimum Gasteiger partial charge on any atom is -0.444 e. The average molecular weight is 571 g/mol. The molecule has 0 aliphatic carbocycles. The minimum atomic E-state index is -3.61. The molecule has 0 aromatic rings. The third-order valence-corrected chi connectivity index (χ3v) is 9.21. The van der Waals surface area contributed by atoms with Gasteiger partial charge in [-0.15, -0.1) is 0 Å². The maximum Gasteiger partial charge on any atom is 0.410 e. The number of nitrogens with zero attached hydrogens (tertiary/aromatic N) is 4. The van der Waals surface area contributed by atoms with Crippen LogP contribution in [0.3, 0.4) is 0 Å². The molecule has 0 aromatic carbocycles. The van der Waals surface area contributed by atoms with E-state index >= 15 is 0 Å². The highest BCUT2D eigenvalue weighted by Crippen LogP contribution is 2.15. The Labute approximate surface area is 221 Å². The van der Waals surface area contributed by atoms with E-state index in [1.807, 2.05) is 0 Å². The molecule has 2 aliphatic heterocycles. The molecule has 216 valence electrons. The zero-order chi connectivity index (χ0) is 28.1. The molecule has 0 radical (unpaired) electrons. The molecule has 0 bridgehead atoms. The Morgan fingerprint density at radius 2 is 0.892 bits per heavy atom. The lowest BCUT2D eigenvalue weighted by Gasteiger charge is -2.35. The summed E-state index contributed by atoms with van der Waals surface area (Å²) >= 11 is 0. The Morgan fingerprint density at radius 1 is 0.595 bits per heavy atom. The normalized spacial score (nSPS) is 19.1. The van der Waals surface area contributed by atoms with Crippen molar-refractivity contribution < 1.29 is 40.6 Å². The van der Waals surface area contributed by atoms with Crippen molar-refractivity contribution in [2.75, 3.05) is 77.1 Å². The fourth-order valence-electron chi connectivity index (χ4n) is 3.64. The van der Waals surface area contributed by atoms with Crippen LogP contribution in [0.2, 0.25) is 0 Å². The van der Waals surface area contributed by atoms with Crippen LogP contribution in [0.4, 0.5) is 9.59 Å². The van der Waals surface area contributed by atoms with Crippen LogP contribution in [0, 0.1) is 0 Å². The second-order valence-electron chi connectivity index (χ2n) is 11.0. The van der Waals surface area contributed by atoms with Gasteiger partial charge in [0, 0.05) is 52.4 Å². The van der Waals surface area contributed by atoms with Gasteiger partial charge < -0.3 is 24.0 Å². The SMILES string of the molecule is CC(C)(C)OC(=O)N1CCN(S(=O)(=O)CCOCCS(=O)(=O)N2CCN(C(=O)OC(C)(C)C)CC2)CC1. The minimum absolute atomic E-state index is 0.142. The first-order valence-electron chi connectivity index (χ1n) is 12.4. The number of hydrogen-bond donors (Lipinski definition) is 0. The third kappa shape index (κ3) is 10.5. The van der Waals surface area contributed by atoms with Crippen LogP contribution in [0.15, 0.2) is 0 Å². The molecule has 15 heteroatoms. The number of carbonyl (C=O) groups excluding carboxylic acids is 2. The van der Waals surface area contributed by atoms with E-state index in [2.05, 4.69) is 0 Å². The highest BCUT2D eigenvalue weighted by atomic mass is 32.2. The summed E-state index contributed by atoms with van der Waals surface area (Å²) in [6, 6.07) is 0. The van der Waals surface area contributed by atoms with Crippen molar-refractivity contribution >= 4 is 32.2 Å². The topological polar surface area (TPSA) is 143 Å². The van der Waals surface area contributed by atoms with Gasteiger partial charge in [0.1, 0.15) is 11.2 Å². The molecule has 37 heavy (non-hydrogen) atoms. The fraction of sp³-hybridized carbons (Fsp3) is 0.909. The number of rotatable bonds is 8. The summed E-state index contributed by atoms with van der Waals surface area (Å²) in [6.45, 7) is 11.9. The summed E-state index contributed by atoms with van der Waals surface area (Å²) in [6.07, 6.45) is -0.944. The van der Waals surface area contributed by atoms with Crippen LogP contribution in [-0.2, 0) is 34.3 Å². The van der Waals surface area contributed by atoms with E-state index in [0.717, 1.165) is 0 Å². The van der Waals surface area contributed by atoms with Gasteiger partial charge in [-0.2, -0.15) is 8.61 Å². The molecule has 0 N–H and O–H groups in total. The molecule has 0 saturated carbocycles. The smallest absolute Gasteiger partial charge is 0.410 e. The van der Waals surface area contributed by atoms with E-state index in [-0.39, 0.29) is 77.1 Å². The first-order chi connectivity index (χ1) is 16.9. The second kappa shape index (κ2) is 12.5. The van der Waals surface area contributed by atoms with Crippen molar-refractivity contribution in [2.24, 2.45) is 0 Å². The van der Waals surface area contributed by atoms with Crippen LogP contribution < -0.4 is 0 Å². The molecular weight excluding hydrogens is 528 g/mol. The first kappa shape index (κ1) is 31.5. The lowest BCUT2D eigenvalue weighted by Crippen LogP contribution is -2.52. The van der Waals surface area contributed by atoms with E-state index < -0.39 is 43.4 Å². The van der Waals surface area contributed by atoms with Crippen LogP contribution in [0.1, 0.15) is 41.5 Å². The van der Waals surface area contributed by atoms with Gasteiger partial charge in [0.2, 0.25) is 20.0 Å². The molecule has 2 fully saturated rings.